The zero-order chi connectivity index (χ0) is 9.84. The molecular weight excluding hydrogens is 168 g/mol. The maximum Gasteiger partial charge on any atom is 0.324 e. The molecule has 1 heterocycles. The average Bonchev–Trinajstić information content (AvgIpc) is 2.34. The molecule has 1 fully saturated rings. The van der Waals surface area contributed by atoms with Crippen molar-refractivity contribution >= 4 is 11.9 Å². The number of imide groups is 1. The Kier molecular flexibility index (Phi) is 3.06. The van der Waals surface area contributed by atoms with Gasteiger partial charge in [-0.3, -0.25) is 9.69 Å². The first-order chi connectivity index (χ1) is 6.20. The van der Waals surface area contributed by atoms with E-state index in [1.807, 2.05) is 6.92 Å². The van der Waals surface area contributed by atoms with E-state index in [9.17, 15) is 9.59 Å². The van der Waals surface area contributed by atoms with Gasteiger partial charge in [-0.1, -0.05) is 13.0 Å². The summed E-state index contributed by atoms with van der Waals surface area (Å²) in [6, 6.07) is -0.671. The normalized spacial score (nSPS) is 21.9. The van der Waals surface area contributed by atoms with Crippen LogP contribution in [-0.4, -0.2) is 29.4 Å². The summed E-state index contributed by atoms with van der Waals surface area (Å²) in [5.74, 6) is -0.133. The Labute approximate surface area is 77.6 Å². The Morgan fingerprint density at radius 1 is 1.62 bits per heavy atom. The Morgan fingerprint density at radius 3 is 2.85 bits per heavy atom. The maximum absolute atomic E-state index is 11.5. The van der Waals surface area contributed by atoms with Gasteiger partial charge in [0.1, 0.15) is 6.04 Å². The summed E-state index contributed by atoms with van der Waals surface area (Å²) in [5.41, 5.74) is 0. The summed E-state index contributed by atoms with van der Waals surface area (Å²) in [6.45, 7) is 5.96. The molecule has 1 aliphatic rings. The van der Waals surface area contributed by atoms with Crippen LogP contribution >= 0.6 is 0 Å². The van der Waals surface area contributed by atoms with Crippen LogP contribution in [-0.2, 0) is 4.79 Å². The van der Waals surface area contributed by atoms with E-state index in [-0.39, 0.29) is 11.9 Å². The van der Waals surface area contributed by atoms with Crippen LogP contribution in [0.2, 0.25) is 0 Å². The summed E-state index contributed by atoms with van der Waals surface area (Å²) >= 11 is 0. The fourth-order valence-corrected chi connectivity index (χ4v) is 1.34. The number of urea groups is 1. The van der Waals surface area contributed by atoms with E-state index in [0.29, 0.717) is 13.0 Å². The molecule has 13 heavy (non-hydrogen) atoms. The van der Waals surface area contributed by atoms with Crippen molar-refractivity contribution in [3.63, 3.8) is 0 Å². The van der Waals surface area contributed by atoms with Crippen LogP contribution < -0.4 is 5.32 Å². The predicted molar refractivity (Wildman–Crippen MR) is 49.1 cm³/mol. The molecule has 0 spiro atoms. The van der Waals surface area contributed by atoms with E-state index in [2.05, 4.69) is 11.9 Å². The molecule has 0 aromatic rings. The van der Waals surface area contributed by atoms with Crippen molar-refractivity contribution in [2.45, 2.75) is 25.8 Å². The Balaban J connectivity index is 2.63. The van der Waals surface area contributed by atoms with Crippen molar-refractivity contribution in [2.75, 3.05) is 6.54 Å². The number of amides is 3. The number of nitrogens with one attached hydrogen (secondary N) is 1. The largest absolute Gasteiger partial charge is 0.325 e. The summed E-state index contributed by atoms with van der Waals surface area (Å²) in [4.78, 5) is 24.0. The van der Waals surface area contributed by atoms with Crippen molar-refractivity contribution in [3.8, 4) is 0 Å². The highest BCUT2D eigenvalue weighted by Crippen LogP contribution is 2.09. The lowest BCUT2D eigenvalue weighted by Crippen LogP contribution is -2.31. The molecule has 1 unspecified atom stereocenters. The first-order valence-corrected chi connectivity index (χ1v) is 4.43. The van der Waals surface area contributed by atoms with Crippen molar-refractivity contribution in [3.05, 3.63) is 12.7 Å². The minimum atomic E-state index is -0.392. The number of carbonyl (C=O) groups excluding carboxylic acids is 2. The topological polar surface area (TPSA) is 49.4 Å². The predicted octanol–water partition coefficient (Wildman–Crippen LogP) is 0.893. The second kappa shape index (κ2) is 4.07. The number of carbonyl (C=O) groups is 2. The molecule has 3 amide bonds. The first-order valence-electron chi connectivity index (χ1n) is 4.43. The molecule has 1 rings (SSSR count). The maximum atomic E-state index is 11.5. The lowest BCUT2D eigenvalue weighted by atomic mass is 10.2. The van der Waals surface area contributed by atoms with E-state index in [1.54, 1.807) is 6.08 Å². The molecule has 0 bridgehead atoms. The Hall–Kier alpha value is -1.32. The van der Waals surface area contributed by atoms with Gasteiger partial charge in [-0.05, 0) is 12.8 Å². The highest BCUT2D eigenvalue weighted by atomic mass is 16.2. The SMILES string of the molecule is C=CCC1NC(=O)N(CCC)C1=O. The molecular formula is C9H14N2O2. The van der Waals surface area contributed by atoms with Crippen LogP contribution in [0, 0.1) is 0 Å². The van der Waals surface area contributed by atoms with Gasteiger partial charge < -0.3 is 5.32 Å². The van der Waals surface area contributed by atoms with Gasteiger partial charge in [0.05, 0.1) is 0 Å². The van der Waals surface area contributed by atoms with Crippen LogP contribution in [0.3, 0.4) is 0 Å². The van der Waals surface area contributed by atoms with Gasteiger partial charge in [0.25, 0.3) is 5.91 Å². The Bertz CT molecular complexity index is 238. The molecule has 1 aliphatic heterocycles. The van der Waals surface area contributed by atoms with E-state index in [0.717, 1.165) is 6.42 Å². The minimum absolute atomic E-state index is 0.133. The molecule has 0 aromatic heterocycles. The lowest BCUT2D eigenvalue weighted by molar-refractivity contribution is -0.127. The van der Waals surface area contributed by atoms with Gasteiger partial charge in [0.15, 0.2) is 0 Å². The van der Waals surface area contributed by atoms with E-state index in [4.69, 9.17) is 0 Å². The second-order valence-electron chi connectivity index (χ2n) is 3.02. The molecule has 1 atom stereocenters. The molecule has 0 radical (unpaired) electrons. The van der Waals surface area contributed by atoms with Crippen LogP contribution in [0.4, 0.5) is 4.79 Å². The number of nitrogens with zero attached hydrogens (tertiary/aromatic N) is 1. The molecule has 0 saturated carbocycles. The second-order valence-corrected chi connectivity index (χ2v) is 3.02. The van der Waals surface area contributed by atoms with Crippen molar-refractivity contribution in [1.29, 1.82) is 0 Å². The smallest absolute Gasteiger partial charge is 0.324 e. The molecule has 0 aromatic carbocycles. The van der Waals surface area contributed by atoms with Crippen LogP contribution in [0.25, 0.3) is 0 Å². The van der Waals surface area contributed by atoms with Crippen molar-refractivity contribution in [1.82, 2.24) is 10.2 Å². The number of rotatable bonds is 4. The van der Waals surface area contributed by atoms with Gasteiger partial charge in [-0.2, -0.15) is 0 Å². The third kappa shape index (κ3) is 1.88. The van der Waals surface area contributed by atoms with Gasteiger partial charge in [0, 0.05) is 6.54 Å². The highest BCUT2D eigenvalue weighted by Gasteiger charge is 2.36. The van der Waals surface area contributed by atoms with Gasteiger partial charge in [0.2, 0.25) is 0 Å². The lowest BCUT2D eigenvalue weighted by Gasteiger charge is -2.10. The first kappa shape index (κ1) is 9.77. The molecule has 1 saturated heterocycles. The van der Waals surface area contributed by atoms with E-state index < -0.39 is 6.04 Å². The quantitative estimate of drug-likeness (QED) is 0.518. The van der Waals surface area contributed by atoms with Gasteiger partial charge >= 0.3 is 6.03 Å². The zero-order valence-corrected chi connectivity index (χ0v) is 7.75. The summed E-state index contributed by atoms with van der Waals surface area (Å²) in [6.07, 6.45) is 2.93. The molecule has 0 aliphatic carbocycles. The van der Waals surface area contributed by atoms with Gasteiger partial charge in [-0.15, -0.1) is 6.58 Å². The summed E-state index contributed by atoms with van der Waals surface area (Å²) < 4.78 is 0. The Morgan fingerprint density at radius 2 is 2.31 bits per heavy atom. The summed E-state index contributed by atoms with van der Waals surface area (Å²) in [7, 11) is 0. The fraction of sp³-hybridized carbons (Fsp3) is 0.556. The summed E-state index contributed by atoms with van der Waals surface area (Å²) in [5, 5.41) is 2.61. The zero-order valence-electron chi connectivity index (χ0n) is 7.75. The van der Waals surface area contributed by atoms with Crippen molar-refractivity contribution < 1.29 is 9.59 Å². The molecule has 4 nitrogen and oxygen atoms in total. The van der Waals surface area contributed by atoms with E-state index >= 15 is 0 Å². The third-order valence-electron chi connectivity index (χ3n) is 1.96. The van der Waals surface area contributed by atoms with Crippen LogP contribution in [0.5, 0.6) is 0 Å². The standard InChI is InChI=1S/C9H14N2O2/c1-3-5-7-8(12)11(6-4-2)9(13)10-7/h3,7H,1,4-6H2,2H3,(H,10,13). The average molecular weight is 182 g/mol. The fourth-order valence-electron chi connectivity index (χ4n) is 1.34. The molecule has 4 heteroatoms. The molecule has 72 valence electrons. The highest BCUT2D eigenvalue weighted by molar-refractivity contribution is 6.04. The third-order valence-corrected chi connectivity index (χ3v) is 1.96. The van der Waals surface area contributed by atoms with Crippen molar-refractivity contribution in [2.24, 2.45) is 0 Å². The number of hydrogen-bond donors (Lipinski definition) is 1. The van der Waals surface area contributed by atoms with Gasteiger partial charge in [-0.25, -0.2) is 4.79 Å². The van der Waals surface area contributed by atoms with E-state index in [1.165, 1.54) is 4.90 Å². The van der Waals surface area contributed by atoms with Crippen LogP contribution in [0.15, 0.2) is 12.7 Å². The van der Waals surface area contributed by atoms with Crippen LogP contribution in [0.1, 0.15) is 19.8 Å². The molecule has 1 N–H and O–H groups in total. The number of hydrogen-bond acceptors (Lipinski definition) is 2. The minimum Gasteiger partial charge on any atom is -0.325 e. The monoisotopic (exact) mass is 182 g/mol.